The molecule has 1 unspecified atom stereocenters. The van der Waals surface area contributed by atoms with Crippen molar-refractivity contribution >= 4 is 15.7 Å². The van der Waals surface area contributed by atoms with Crippen molar-refractivity contribution in [3.05, 3.63) is 54.6 Å². The fourth-order valence-corrected chi connectivity index (χ4v) is 4.33. The van der Waals surface area contributed by atoms with Crippen LogP contribution in [-0.2, 0) is 19.3 Å². The summed E-state index contributed by atoms with van der Waals surface area (Å²) < 4.78 is 40.3. The second-order valence-electron chi connectivity index (χ2n) is 8.75. The molecule has 1 heterocycles. The number of rotatable bonds is 15. The third kappa shape index (κ3) is 8.47. The van der Waals surface area contributed by atoms with Crippen LogP contribution >= 0.6 is 0 Å². The number of nitrogens with zero attached hydrogens (tertiary/aromatic N) is 3. The Morgan fingerprint density at radius 2 is 1.66 bits per heavy atom. The number of ether oxygens (including phenoxy) is 3. The lowest BCUT2D eigenvalue weighted by Gasteiger charge is -2.24. The Kier molecular flexibility index (Phi) is 11.0. The van der Waals surface area contributed by atoms with Gasteiger partial charge in [0.05, 0.1) is 23.8 Å². The Labute approximate surface area is 224 Å². The summed E-state index contributed by atoms with van der Waals surface area (Å²) in [6.45, 7) is 2.75. The van der Waals surface area contributed by atoms with Gasteiger partial charge in [-0.1, -0.05) is 24.3 Å². The molecule has 3 aromatic rings. The Balaban J connectivity index is 2.04. The summed E-state index contributed by atoms with van der Waals surface area (Å²) >= 11 is 0. The van der Waals surface area contributed by atoms with Crippen LogP contribution < -0.4 is 15.0 Å². The zero-order chi connectivity index (χ0) is 27.5. The molecule has 0 amide bonds. The summed E-state index contributed by atoms with van der Waals surface area (Å²) in [5.41, 5.74) is 2.13. The molecule has 10 nitrogen and oxygen atoms in total. The van der Waals surface area contributed by atoms with Crippen LogP contribution in [0, 0.1) is 0 Å². The highest BCUT2D eigenvalue weighted by atomic mass is 32.2. The van der Waals surface area contributed by atoms with Gasteiger partial charge in [0.1, 0.15) is 24.3 Å². The van der Waals surface area contributed by atoms with E-state index in [9.17, 15) is 13.5 Å². The number of benzene rings is 2. The Morgan fingerprint density at radius 1 is 0.974 bits per heavy atom. The zero-order valence-corrected chi connectivity index (χ0v) is 23.1. The molecule has 0 aliphatic carbocycles. The molecule has 0 saturated heterocycles. The molecule has 0 radical (unpaired) electrons. The molecule has 38 heavy (non-hydrogen) atoms. The third-order valence-electron chi connectivity index (χ3n) is 5.72. The highest BCUT2D eigenvalue weighted by molar-refractivity contribution is 7.90. The monoisotopic (exact) mass is 544 g/mol. The van der Waals surface area contributed by atoms with E-state index < -0.39 is 15.9 Å². The van der Waals surface area contributed by atoms with Crippen LogP contribution in [0.5, 0.6) is 5.75 Å². The zero-order valence-electron chi connectivity index (χ0n) is 22.3. The first-order valence-electron chi connectivity index (χ1n) is 12.2. The molecule has 0 saturated carbocycles. The molecule has 1 atom stereocenters. The topological polar surface area (TPSA) is 123 Å². The number of aliphatic hydroxyl groups excluding tert-OH is 1. The maximum Gasteiger partial charge on any atom is 0.175 e. The lowest BCUT2D eigenvalue weighted by Crippen LogP contribution is -2.31. The summed E-state index contributed by atoms with van der Waals surface area (Å²) in [4.78, 5) is 12.0. The van der Waals surface area contributed by atoms with Gasteiger partial charge in [-0.15, -0.1) is 0 Å². The smallest absolute Gasteiger partial charge is 0.175 e. The number of likely N-dealkylation sites (N-methyl/N-ethyl adjacent to an activating group) is 1. The summed E-state index contributed by atoms with van der Waals surface area (Å²) in [7, 11) is 1.74. The molecular weight excluding hydrogens is 508 g/mol. The number of sulfone groups is 1. The van der Waals surface area contributed by atoms with Crippen molar-refractivity contribution < 1.29 is 27.7 Å². The molecule has 11 heteroatoms. The van der Waals surface area contributed by atoms with Gasteiger partial charge in [0, 0.05) is 57.3 Å². The Morgan fingerprint density at radius 3 is 2.26 bits per heavy atom. The van der Waals surface area contributed by atoms with Crippen molar-refractivity contribution in [2.75, 3.05) is 71.9 Å². The van der Waals surface area contributed by atoms with Crippen LogP contribution in [0.25, 0.3) is 22.6 Å². The SMILES string of the molecule is CNCC(O)COc1cccc(-c2nc(-c3ccc(S(C)(=O)=O)cc3)cc(N(CCOC)CCOC)n2)c1. The predicted octanol–water partition coefficient (Wildman–Crippen LogP) is 2.27. The molecule has 0 spiro atoms. The van der Waals surface area contributed by atoms with Gasteiger partial charge in [0.2, 0.25) is 0 Å². The second kappa shape index (κ2) is 14.2. The molecule has 2 aromatic carbocycles. The van der Waals surface area contributed by atoms with E-state index in [0.717, 1.165) is 11.1 Å². The fourth-order valence-electron chi connectivity index (χ4n) is 3.70. The minimum absolute atomic E-state index is 0.144. The number of anilines is 1. The van der Waals surface area contributed by atoms with E-state index in [0.29, 0.717) is 55.9 Å². The maximum atomic E-state index is 11.9. The highest BCUT2D eigenvalue weighted by Crippen LogP contribution is 2.28. The fraction of sp³-hybridized carbons (Fsp3) is 0.407. The van der Waals surface area contributed by atoms with E-state index in [4.69, 9.17) is 24.2 Å². The molecule has 0 aliphatic heterocycles. The van der Waals surface area contributed by atoms with Crippen molar-refractivity contribution in [3.8, 4) is 28.4 Å². The van der Waals surface area contributed by atoms with Crippen LogP contribution in [0.4, 0.5) is 5.82 Å². The van der Waals surface area contributed by atoms with E-state index in [1.807, 2.05) is 30.3 Å². The molecule has 0 aliphatic rings. The summed E-state index contributed by atoms with van der Waals surface area (Å²) in [6.07, 6.45) is 0.541. The number of nitrogens with one attached hydrogen (secondary N) is 1. The van der Waals surface area contributed by atoms with Crippen LogP contribution in [-0.4, -0.2) is 96.6 Å². The predicted molar refractivity (Wildman–Crippen MR) is 147 cm³/mol. The normalized spacial score (nSPS) is 12.3. The Bertz CT molecular complexity index is 1260. The van der Waals surface area contributed by atoms with Crippen LogP contribution in [0.2, 0.25) is 0 Å². The number of aromatic nitrogens is 2. The van der Waals surface area contributed by atoms with E-state index in [-0.39, 0.29) is 11.5 Å². The number of aliphatic hydroxyl groups is 1. The van der Waals surface area contributed by atoms with Crippen LogP contribution in [0.1, 0.15) is 0 Å². The van der Waals surface area contributed by atoms with Gasteiger partial charge in [-0.3, -0.25) is 0 Å². The Hall–Kier alpha value is -3.09. The average Bonchev–Trinajstić information content (AvgIpc) is 2.92. The quantitative estimate of drug-likeness (QED) is 0.295. The van der Waals surface area contributed by atoms with Gasteiger partial charge in [0.25, 0.3) is 0 Å². The van der Waals surface area contributed by atoms with Gasteiger partial charge in [0.15, 0.2) is 15.7 Å². The van der Waals surface area contributed by atoms with Gasteiger partial charge in [-0.2, -0.15) is 0 Å². The average molecular weight is 545 g/mol. The van der Waals surface area contributed by atoms with Crippen molar-refractivity contribution in [2.24, 2.45) is 0 Å². The molecule has 0 bridgehead atoms. The lowest BCUT2D eigenvalue weighted by molar-refractivity contribution is 0.108. The first-order valence-corrected chi connectivity index (χ1v) is 14.1. The van der Waals surface area contributed by atoms with E-state index >= 15 is 0 Å². The van der Waals surface area contributed by atoms with E-state index in [1.54, 1.807) is 45.5 Å². The summed E-state index contributed by atoms with van der Waals surface area (Å²) in [5.74, 6) is 1.74. The largest absolute Gasteiger partial charge is 0.491 e. The van der Waals surface area contributed by atoms with Crippen molar-refractivity contribution in [2.45, 2.75) is 11.0 Å². The van der Waals surface area contributed by atoms with Gasteiger partial charge < -0.3 is 29.5 Å². The van der Waals surface area contributed by atoms with Gasteiger partial charge in [-0.05, 0) is 31.3 Å². The molecule has 2 N–H and O–H groups in total. The molecule has 0 fully saturated rings. The first-order chi connectivity index (χ1) is 18.2. The van der Waals surface area contributed by atoms with Crippen molar-refractivity contribution in [3.63, 3.8) is 0 Å². The second-order valence-corrected chi connectivity index (χ2v) is 10.8. The maximum absolute atomic E-state index is 11.9. The minimum Gasteiger partial charge on any atom is -0.491 e. The highest BCUT2D eigenvalue weighted by Gasteiger charge is 2.16. The number of hydrogen-bond donors (Lipinski definition) is 2. The van der Waals surface area contributed by atoms with E-state index in [1.165, 1.54) is 6.26 Å². The van der Waals surface area contributed by atoms with Crippen LogP contribution in [0.15, 0.2) is 59.5 Å². The lowest BCUT2D eigenvalue weighted by atomic mass is 10.1. The molecule has 3 rings (SSSR count). The number of hydrogen-bond acceptors (Lipinski definition) is 10. The summed E-state index contributed by atoms with van der Waals surface area (Å²) in [5, 5.41) is 12.9. The minimum atomic E-state index is -3.32. The van der Waals surface area contributed by atoms with Gasteiger partial charge >= 0.3 is 0 Å². The van der Waals surface area contributed by atoms with Crippen molar-refractivity contribution in [1.29, 1.82) is 0 Å². The molecular formula is C27H36N4O6S. The van der Waals surface area contributed by atoms with Crippen LogP contribution in [0.3, 0.4) is 0 Å². The standard InChI is InChI=1S/C27H36N4O6S/c1-28-18-22(32)19-37-23-7-5-6-21(16-23)27-29-25(20-8-10-24(11-9-20)38(4,33)34)17-26(30-27)31(12-14-35-2)13-15-36-3/h5-11,16-17,22,28,32H,12-15,18-19H2,1-4H3. The summed E-state index contributed by atoms with van der Waals surface area (Å²) in [6, 6.07) is 15.9. The molecule has 1 aromatic heterocycles. The van der Waals surface area contributed by atoms with Gasteiger partial charge in [-0.25, -0.2) is 18.4 Å². The van der Waals surface area contributed by atoms with E-state index in [2.05, 4.69) is 10.2 Å². The first kappa shape index (κ1) is 29.5. The van der Waals surface area contributed by atoms with Crippen molar-refractivity contribution in [1.82, 2.24) is 15.3 Å². The third-order valence-corrected chi connectivity index (χ3v) is 6.85. The number of methoxy groups -OCH3 is 2. The molecule has 206 valence electrons.